The number of hydrogen-bond acceptors (Lipinski definition) is 3. The zero-order chi connectivity index (χ0) is 16.0. The lowest BCUT2D eigenvalue weighted by Gasteiger charge is -2.46. The maximum Gasteiger partial charge on any atom is 0.251 e. The molecule has 0 spiro atoms. The van der Waals surface area contributed by atoms with Crippen molar-refractivity contribution in [1.29, 1.82) is 0 Å². The molecule has 0 saturated heterocycles. The van der Waals surface area contributed by atoms with Crippen LogP contribution in [0, 0.1) is 17.3 Å². The summed E-state index contributed by atoms with van der Waals surface area (Å²) in [6, 6.07) is 0.0701. The fourth-order valence-corrected chi connectivity index (χ4v) is 3.63. The number of alkyl halides is 2. The zero-order valence-electron chi connectivity index (χ0n) is 13.7. The Morgan fingerprint density at radius 2 is 2.00 bits per heavy atom. The summed E-state index contributed by atoms with van der Waals surface area (Å²) in [6.07, 6.45) is 1.76. The molecule has 0 aromatic carbocycles. The molecule has 0 amide bonds. The van der Waals surface area contributed by atoms with Gasteiger partial charge in [-0.15, -0.1) is 0 Å². The van der Waals surface area contributed by atoms with Crippen LogP contribution in [0.4, 0.5) is 8.78 Å². The third kappa shape index (κ3) is 5.15. The summed E-state index contributed by atoms with van der Waals surface area (Å²) in [7, 11) is 0. The van der Waals surface area contributed by atoms with Gasteiger partial charge in [0.1, 0.15) is 0 Å². The average Bonchev–Trinajstić information content (AvgIpc) is 2.45. The SMILES string of the molecule is CCC(C)(C)C1CCC(CN)C(N(CCO)CC(F)F)C1. The quantitative estimate of drug-likeness (QED) is 0.725. The van der Waals surface area contributed by atoms with Gasteiger partial charge in [-0.05, 0) is 43.1 Å². The van der Waals surface area contributed by atoms with Crippen LogP contribution in [0.15, 0.2) is 0 Å². The Morgan fingerprint density at radius 1 is 1.33 bits per heavy atom. The van der Waals surface area contributed by atoms with E-state index in [2.05, 4.69) is 20.8 Å². The molecule has 1 aliphatic rings. The van der Waals surface area contributed by atoms with Crippen molar-refractivity contribution in [3.05, 3.63) is 0 Å². The minimum atomic E-state index is -2.37. The fourth-order valence-electron chi connectivity index (χ4n) is 3.63. The molecule has 3 atom stereocenters. The highest BCUT2D eigenvalue weighted by molar-refractivity contribution is 4.92. The van der Waals surface area contributed by atoms with Crippen LogP contribution in [0.2, 0.25) is 0 Å². The lowest BCUT2D eigenvalue weighted by molar-refractivity contribution is -0.00301. The smallest absolute Gasteiger partial charge is 0.251 e. The molecule has 21 heavy (non-hydrogen) atoms. The monoisotopic (exact) mass is 306 g/mol. The van der Waals surface area contributed by atoms with E-state index in [1.165, 1.54) is 0 Å². The Morgan fingerprint density at radius 3 is 2.48 bits per heavy atom. The van der Waals surface area contributed by atoms with Gasteiger partial charge in [0.25, 0.3) is 6.43 Å². The zero-order valence-corrected chi connectivity index (χ0v) is 13.7. The van der Waals surface area contributed by atoms with Gasteiger partial charge in [0.15, 0.2) is 0 Å². The molecule has 0 bridgehead atoms. The molecule has 126 valence electrons. The standard InChI is InChI=1S/C16H32F2N2O/c1-4-16(2,3)13-6-5-12(10-19)14(9-13)20(7-8-21)11-15(17)18/h12-15,21H,4-11,19H2,1-3H3. The first kappa shape index (κ1) is 18.8. The van der Waals surface area contributed by atoms with Gasteiger partial charge in [-0.25, -0.2) is 8.78 Å². The summed E-state index contributed by atoms with van der Waals surface area (Å²) in [5, 5.41) is 9.19. The molecule has 0 heterocycles. The molecule has 1 rings (SSSR count). The Balaban J connectivity index is 2.85. The van der Waals surface area contributed by atoms with Crippen LogP contribution < -0.4 is 5.73 Å². The van der Waals surface area contributed by atoms with Gasteiger partial charge in [0.05, 0.1) is 13.2 Å². The topological polar surface area (TPSA) is 49.5 Å². The minimum Gasteiger partial charge on any atom is -0.395 e. The van der Waals surface area contributed by atoms with Crippen molar-refractivity contribution >= 4 is 0 Å². The van der Waals surface area contributed by atoms with E-state index in [-0.39, 0.29) is 30.5 Å². The molecule has 1 fully saturated rings. The van der Waals surface area contributed by atoms with Crippen molar-refractivity contribution < 1.29 is 13.9 Å². The number of nitrogens with zero attached hydrogens (tertiary/aromatic N) is 1. The highest BCUT2D eigenvalue weighted by Gasteiger charge is 2.39. The van der Waals surface area contributed by atoms with Crippen molar-refractivity contribution in [2.75, 3.05) is 26.2 Å². The summed E-state index contributed by atoms with van der Waals surface area (Å²) in [4.78, 5) is 1.76. The lowest BCUT2D eigenvalue weighted by Crippen LogP contribution is -2.51. The second-order valence-corrected chi connectivity index (χ2v) is 7.02. The predicted octanol–water partition coefficient (Wildman–Crippen LogP) is 2.73. The van der Waals surface area contributed by atoms with Crippen LogP contribution in [0.1, 0.15) is 46.5 Å². The highest BCUT2D eigenvalue weighted by Crippen LogP contribution is 2.43. The number of hydrogen-bond donors (Lipinski definition) is 2. The predicted molar refractivity (Wildman–Crippen MR) is 82.4 cm³/mol. The number of aliphatic hydroxyl groups excluding tert-OH is 1. The van der Waals surface area contributed by atoms with Gasteiger partial charge >= 0.3 is 0 Å². The number of halogens is 2. The van der Waals surface area contributed by atoms with Crippen molar-refractivity contribution in [1.82, 2.24) is 4.90 Å². The number of rotatable bonds is 8. The molecule has 0 aliphatic heterocycles. The van der Waals surface area contributed by atoms with Gasteiger partial charge in [-0.3, -0.25) is 4.90 Å². The molecule has 3 N–H and O–H groups in total. The minimum absolute atomic E-state index is 0.0701. The van der Waals surface area contributed by atoms with E-state index >= 15 is 0 Å². The van der Waals surface area contributed by atoms with E-state index in [1.54, 1.807) is 4.90 Å². The Labute approximate surface area is 127 Å². The lowest BCUT2D eigenvalue weighted by atomic mass is 9.65. The van der Waals surface area contributed by atoms with E-state index in [4.69, 9.17) is 5.73 Å². The largest absolute Gasteiger partial charge is 0.395 e. The molecule has 0 aromatic rings. The summed E-state index contributed by atoms with van der Waals surface area (Å²) >= 11 is 0. The molecule has 3 nitrogen and oxygen atoms in total. The van der Waals surface area contributed by atoms with Gasteiger partial charge in [-0.2, -0.15) is 0 Å². The first-order chi connectivity index (χ1) is 9.85. The first-order valence-electron chi connectivity index (χ1n) is 8.18. The van der Waals surface area contributed by atoms with Crippen molar-refractivity contribution in [3.63, 3.8) is 0 Å². The van der Waals surface area contributed by atoms with Crippen LogP contribution in [-0.2, 0) is 0 Å². The molecular formula is C16H32F2N2O. The van der Waals surface area contributed by atoms with Crippen LogP contribution in [0.5, 0.6) is 0 Å². The van der Waals surface area contributed by atoms with Crippen LogP contribution >= 0.6 is 0 Å². The summed E-state index contributed by atoms with van der Waals surface area (Å²) in [5.74, 6) is 0.799. The third-order valence-electron chi connectivity index (χ3n) is 5.50. The normalized spacial score (nSPS) is 27.6. The van der Waals surface area contributed by atoms with E-state index < -0.39 is 6.43 Å². The third-order valence-corrected chi connectivity index (χ3v) is 5.50. The second kappa shape index (κ2) is 8.39. The van der Waals surface area contributed by atoms with Gasteiger partial charge < -0.3 is 10.8 Å². The number of nitrogens with two attached hydrogens (primary N) is 1. The van der Waals surface area contributed by atoms with Crippen LogP contribution in [0.25, 0.3) is 0 Å². The molecular weight excluding hydrogens is 274 g/mol. The summed E-state index contributed by atoms with van der Waals surface area (Å²) in [5.41, 5.74) is 6.10. The fraction of sp³-hybridized carbons (Fsp3) is 1.00. The van der Waals surface area contributed by atoms with Gasteiger partial charge in [0, 0.05) is 12.6 Å². The summed E-state index contributed by atoms with van der Waals surface area (Å²) < 4.78 is 25.7. The highest BCUT2D eigenvalue weighted by atomic mass is 19.3. The van der Waals surface area contributed by atoms with Gasteiger partial charge in [-0.1, -0.05) is 27.2 Å². The number of aliphatic hydroxyl groups is 1. The molecule has 0 radical (unpaired) electrons. The second-order valence-electron chi connectivity index (χ2n) is 7.02. The van der Waals surface area contributed by atoms with E-state index in [0.29, 0.717) is 19.0 Å². The Kier molecular flexibility index (Phi) is 7.51. The van der Waals surface area contributed by atoms with E-state index in [9.17, 15) is 13.9 Å². The van der Waals surface area contributed by atoms with Crippen LogP contribution in [-0.4, -0.2) is 48.7 Å². The van der Waals surface area contributed by atoms with Crippen LogP contribution in [0.3, 0.4) is 0 Å². The van der Waals surface area contributed by atoms with Crippen molar-refractivity contribution in [3.8, 4) is 0 Å². The van der Waals surface area contributed by atoms with E-state index in [0.717, 1.165) is 25.7 Å². The first-order valence-corrected chi connectivity index (χ1v) is 8.18. The molecule has 1 aliphatic carbocycles. The van der Waals surface area contributed by atoms with E-state index in [1.807, 2.05) is 0 Å². The van der Waals surface area contributed by atoms with Crippen molar-refractivity contribution in [2.24, 2.45) is 23.0 Å². The average molecular weight is 306 g/mol. The molecule has 1 saturated carbocycles. The van der Waals surface area contributed by atoms with Crippen molar-refractivity contribution in [2.45, 2.75) is 58.9 Å². The maximum absolute atomic E-state index is 12.8. The molecule has 0 aromatic heterocycles. The Hall–Kier alpha value is -0.260. The Bertz CT molecular complexity index is 300. The maximum atomic E-state index is 12.8. The molecule has 3 unspecified atom stereocenters. The van der Waals surface area contributed by atoms with Gasteiger partial charge in [0.2, 0.25) is 0 Å². The summed E-state index contributed by atoms with van der Waals surface area (Å²) in [6.45, 7) is 7.22. The molecule has 5 heteroatoms.